The Hall–Kier alpha value is -1.95. The molecule has 6 heteroatoms. The fourth-order valence-electron chi connectivity index (χ4n) is 3.36. The fraction of sp³-hybridized carbons (Fsp3) is 0.588. The maximum atomic E-state index is 11.8. The van der Waals surface area contributed by atoms with Crippen LogP contribution in [0.4, 0.5) is 0 Å². The minimum absolute atomic E-state index is 0.377. The van der Waals surface area contributed by atoms with Crippen LogP contribution >= 0.6 is 0 Å². The number of piperidine rings is 1. The Morgan fingerprint density at radius 1 is 1.43 bits per heavy atom. The van der Waals surface area contributed by atoms with Gasteiger partial charge in [-0.05, 0) is 51.3 Å². The minimum atomic E-state index is -0.377. The molecule has 0 bridgehead atoms. The second-order valence-corrected chi connectivity index (χ2v) is 6.52. The van der Waals surface area contributed by atoms with E-state index in [-0.39, 0.29) is 5.97 Å². The number of carbonyl (C=O) groups is 1. The van der Waals surface area contributed by atoms with E-state index in [0.29, 0.717) is 23.2 Å². The molecule has 23 heavy (non-hydrogen) atoms. The zero-order valence-electron chi connectivity index (χ0n) is 14.0. The van der Waals surface area contributed by atoms with E-state index in [2.05, 4.69) is 28.9 Å². The number of rotatable bonds is 4. The van der Waals surface area contributed by atoms with Crippen LogP contribution in [0.5, 0.6) is 0 Å². The first-order valence-electron chi connectivity index (χ1n) is 8.25. The maximum Gasteiger partial charge on any atom is 0.341 e. The third-order valence-corrected chi connectivity index (χ3v) is 4.66. The van der Waals surface area contributed by atoms with E-state index in [1.165, 1.54) is 26.5 Å². The molecular weight excluding hydrogens is 292 g/mol. The molecule has 0 amide bonds. The van der Waals surface area contributed by atoms with Crippen molar-refractivity contribution < 1.29 is 9.53 Å². The van der Waals surface area contributed by atoms with Crippen LogP contribution in [-0.4, -0.2) is 51.7 Å². The largest absolute Gasteiger partial charge is 0.465 e. The summed E-state index contributed by atoms with van der Waals surface area (Å²) in [5.41, 5.74) is 1.03. The molecule has 0 spiro atoms. The number of nitrogens with zero attached hydrogens (tertiary/aromatic N) is 4. The van der Waals surface area contributed by atoms with E-state index in [4.69, 9.17) is 4.74 Å². The van der Waals surface area contributed by atoms with Gasteiger partial charge in [-0.2, -0.15) is 0 Å². The van der Waals surface area contributed by atoms with Crippen molar-refractivity contribution in [2.45, 2.75) is 39.2 Å². The van der Waals surface area contributed by atoms with Crippen LogP contribution in [0.15, 0.2) is 18.3 Å². The summed E-state index contributed by atoms with van der Waals surface area (Å²) in [6.45, 7) is 6.78. The zero-order chi connectivity index (χ0) is 16.4. The highest BCUT2D eigenvalue weighted by Crippen LogP contribution is 2.22. The van der Waals surface area contributed by atoms with Crippen molar-refractivity contribution in [3.8, 4) is 0 Å². The van der Waals surface area contributed by atoms with Gasteiger partial charge in [-0.3, -0.25) is 4.40 Å². The Kier molecular flexibility index (Phi) is 4.61. The second-order valence-electron chi connectivity index (χ2n) is 6.52. The van der Waals surface area contributed by atoms with E-state index in [9.17, 15) is 4.79 Å². The monoisotopic (exact) mass is 316 g/mol. The lowest BCUT2D eigenvalue weighted by Gasteiger charge is -2.35. The molecule has 124 valence electrons. The summed E-state index contributed by atoms with van der Waals surface area (Å²) < 4.78 is 6.73. The summed E-state index contributed by atoms with van der Waals surface area (Å²) >= 11 is 0. The molecule has 3 rings (SSSR count). The first kappa shape index (κ1) is 15.9. The third kappa shape index (κ3) is 3.22. The number of hydrogen-bond donors (Lipinski definition) is 0. The number of esters is 1. The summed E-state index contributed by atoms with van der Waals surface area (Å²) in [5.74, 6) is 1.12. The van der Waals surface area contributed by atoms with Gasteiger partial charge in [0.15, 0.2) is 5.65 Å². The number of hydrogen-bond acceptors (Lipinski definition) is 5. The van der Waals surface area contributed by atoms with Gasteiger partial charge in [0.1, 0.15) is 11.4 Å². The number of pyridine rings is 1. The Morgan fingerprint density at radius 2 is 2.26 bits per heavy atom. The van der Waals surface area contributed by atoms with Gasteiger partial charge in [-0.25, -0.2) is 4.79 Å². The van der Waals surface area contributed by atoms with Gasteiger partial charge in [-0.1, -0.05) is 0 Å². The van der Waals surface area contributed by atoms with Crippen molar-refractivity contribution in [3.05, 3.63) is 29.7 Å². The Morgan fingerprint density at radius 3 is 3.00 bits per heavy atom. The van der Waals surface area contributed by atoms with Crippen LogP contribution in [0.2, 0.25) is 0 Å². The molecule has 1 aliphatic heterocycles. The Balaban J connectivity index is 1.82. The SMILES string of the molecule is COC(=O)c1cccn2c(CC3CCCN(C(C)C)C3)nnc12. The van der Waals surface area contributed by atoms with E-state index >= 15 is 0 Å². The van der Waals surface area contributed by atoms with Crippen LogP contribution in [0.1, 0.15) is 42.9 Å². The van der Waals surface area contributed by atoms with Gasteiger partial charge in [-0.15, -0.1) is 10.2 Å². The average Bonchev–Trinajstić information content (AvgIpc) is 2.97. The molecule has 0 radical (unpaired) electrons. The maximum absolute atomic E-state index is 11.8. The molecule has 0 aliphatic carbocycles. The lowest BCUT2D eigenvalue weighted by molar-refractivity contribution is 0.0602. The van der Waals surface area contributed by atoms with E-state index in [0.717, 1.165) is 18.8 Å². The molecule has 1 unspecified atom stereocenters. The third-order valence-electron chi connectivity index (χ3n) is 4.66. The Labute approximate surface area is 136 Å². The van der Waals surface area contributed by atoms with Crippen molar-refractivity contribution in [2.75, 3.05) is 20.2 Å². The lowest BCUT2D eigenvalue weighted by Crippen LogP contribution is -2.40. The molecule has 1 saturated heterocycles. The van der Waals surface area contributed by atoms with Crippen LogP contribution in [0.25, 0.3) is 5.65 Å². The number of carbonyl (C=O) groups excluding carboxylic acids is 1. The molecule has 6 nitrogen and oxygen atoms in total. The highest BCUT2D eigenvalue weighted by atomic mass is 16.5. The van der Waals surface area contributed by atoms with Crippen molar-refractivity contribution in [3.63, 3.8) is 0 Å². The summed E-state index contributed by atoms with van der Waals surface area (Å²) in [7, 11) is 1.38. The molecule has 1 aliphatic rings. The number of methoxy groups -OCH3 is 1. The molecule has 0 saturated carbocycles. The molecule has 1 atom stereocenters. The van der Waals surface area contributed by atoms with Crippen LogP contribution in [-0.2, 0) is 11.2 Å². The first-order chi connectivity index (χ1) is 11.1. The van der Waals surface area contributed by atoms with Crippen LogP contribution < -0.4 is 0 Å². The number of aromatic nitrogens is 3. The topological polar surface area (TPSA) is 59.7 Å². The van der Waals surface area contributed by atoms with E-state index < -0.39 is 0 Å². The fourth-order valence-corrected chi connectivity index (χ4v) is 3.36. The van der Waals surface area contributed by atoms with Crippen molar-refractivity contribution in [1.82, 2.24) is 19.5 Å². The van der Waals surface area contributed by atoms with Gasteiger partial charge >= 0.3 is 5.97 Å². The summed E-state index contributed by atoms with van der Waals surface area (Å²) in [6, 6.07) is 4.15. The normalized spacial score (nSPS) is 19.4. The summed E-state index contributed by atoms with van der Waals surface area (Å²) in [4.78, 5) is 14.4. The molecular formula is C17H24N4O2. The van der Waals surface area contributed by atoms with Crippen LogP contribution in [0, 0.1) is 5.92 Å². The minimum Gasteiger partial charge on any atom is -0.465 e. The van der Waals surface area contributed by atoms with E-state index in [1.54, 1.807) is 6.07 Å². The second kappa shape index (κ2) is 6.66. The quantitative estimate of drug-likeness (QED) is 0.809. The highest BCUT2D eigenvalue weighted by molar-refractivity contribution is 5.95. The molecule has 0 N–H and O–H groups in total. The first-order valence-corrected chi connectivity index (χ1v) is 8.25. The predicted octanol–water partition coefficient (Wildman–Crippen LogP) is 2.18. The zero-order valence-corrected chi connectivity index (χ0v) is 14.0. The Bertz CT molecular complexity index is 695. The van der Waals surface area contributed by atoms with Crippen molar-refractivity contribution in [1.29, 1.82) is 0 Å². The molecule has 2 aromatic rings. The number of ether oxygens (including phenoxy) is 1. The smallest absolute Gasteiger partial charge is 0.341 e. The number of likely N-dealkylation sites (tertiary alicyclic amines) is 1. The highest BCUT2D eigenvalue weighted by Gasteiger charge is 2.24. The summed E-state index contributed by atoms with van der Waals surface area (Å²) in [5, 5.41) is 8.53. The summed E-state index contributed by atoms with van der Waals surface area (Å²) in [6.07, 6.45) is 5.25. The number of fused-ring (bicyclic) bond motifs is 1. The molecule has 1 fully saturated rings. The van der Waals surface area contributed by atoms with Crippen LogP contribution in [0.3, 0.4) is 0 Å². The average molecular weight is 316 g/mol. The molecule has 0 aromatic carbocycles. The standard InChI is InChI=1S/C17H24N4O2/c1-12(2)20-8-4-6-13(11-20)10-15-18-19-16-14(17(22)23-3)7-5-9-21(15)16/h5,7,9,12-13H,4,6,8,10-11H2,1-3H3. The molecule has 2 aromatic heterocycles. The molecule has 3 heterocycles. The van der Waals surface area contributed by atoms with Crippen molar-refractivity contribution in [2.24, 2.45) is 5.92 Å². The van der Waals surface area contributed by atoms with Gasteiger partial charge in [0.2, 0.25) is 0 Å². The van der Waals surface area contributed by atoms with Gasteiger partial charge in [0.05, 0.1) is 7.11 Å². The lowest BCUT2D eigenvalue weighted by atomic mass is 9.93. The van der Waals surface area contributed by atoms with E-state index in [1.807, 2.05) is 16.7 Å². The van der Waals surface area contributed by atoms with Gasteiger partial charge in [0, 0.05) is 25.2 Å². The van der Waals surface area contributed by atoms with Crippen molar-refractivity contribution >= 4 is 11.6 Å². The van der Waals surface area contributed by atoms with Gasteiger partial charge < -0.3 is 9.64 Å². The van der Waals surface area contributed by atoms with Gasteiger partial charge in [0.25, 0.3) is 0 Å². The predicted molar refractivity (Wildman–Crippen MR) is 87.5 cm³/mol.